The van der Waals surface area contributed by atoms with Gasteiger partial charge >= 0.3 is 5.97 Å². The molecule has 0 aliphatic carbocycles. The maximum Gasteiger partial charge on any atom is 0.352 e. The Balaban J connectivity index is 2.46. The summed E-state index contributed by atoms with van der Waals surface area (Å²) in [5.74, 6) is -0.172. The normalized spacial score (nSPS) is 10.1. The van der Waals surface area contributed by atoms with Crippen LogP contribution in [0.25, 0.3) is 10.9 Å². The Kier molecular flexibility index (Phi) is 2.92. The van der Waals surface area contributed by atoms with E-state index in [0.717, 1.165) is 5.39 Å². The number of halogens is 1. The van der Waals surface area contributed by atoms with Gasteiger partial charge in [0.1, 0.15) is 5.52 Å². The topological polar surface area (TPSA) is 48.4 Å². The third-order valence-electron chi connectivity index (χ3n) is 1.93. The molecule has 5 heteroatoms. The van der Waals surface area contributed by atoms with E-state index in [4.69, 9.17) is 16.5 Å². The molecule has 16 heavy (non-hydrogen) atoms. The van der Waals surface area contributed by atoms with Crippen LogP contribution in [0.15, 0.2) is 30.5 Å². The Hall–Kier alpha value is -1.81. The van der Waals surface area contributed by atoms with E-state index in [0.29, 0.717) is 16.3 Å². The molecule has 2 rings (SSSR count). The zero-order chi connectivity index (χ0) is 11.5. The quantitative estimate of drug-likeness (QED) is 0.595. The van der Waals surface area contributed by atoms with Crippen molar-refractivity contribution in [1.82, 2.24) is 4.98 Å². The van der Waals surface area contributed by atoms with E-state index in [2.05, 4.69) is 9.87 Å². The first-order valence-corrected chi connectivity index (χ1v) is 4.94. The summed E-state index contributed by atoms with van der Waals surface area (Å²) < 4.78 is 0. The van der Waals surface area contributed by atoms with Crippen molar-refractivity contribution in [2.75, 3.05) is 0 Å². The second-order valence-electron chi connectivity index (χ2n) is 3.10. The summed E-state index contributed by atoms with van der Waals surface area (Å²) in [4.78, 5) is 24.1. The summed E-state index contributed by atoms with van der Waals surface area (Å²) in [6, 6.07) is 6.83. The van der Waals surface area contributed by atoms with E-state index in [-0.39, 0.29) is 0 Å². The molecule has 0 bridgehead atoms. The molecule has 1 heterocycles. The third kappa shape index (κ3) is 2.06. The van der Waals surface area contributed by atoms with Crippen LogP contribution in [0.5, 0.6) is 5.75 Å². The molecular formula is C11H8ClNO3. The number of benzene rings is 1. The Bertz CT molecular complexity index is 542. The second kappa shape index (κ2) is 4.37. The van der Waals surface area contributed by atoms with Gasteiger partial charge in [-0.2, -0.15) is 0 Å². The van der Waals surface area contributed by atoms with Crippen molar-refractivity contribution in [2.24, 2.45) is 0 Å². The van der Waals surface area contributed by atoms with Crippen molar-refractivity contribution in [3.8, 4) is 5.75 Å². The first-order valence-electron chi connectivity index (χ1n) is 4.57. The number of hydrogen-bond donors (Lipinski definition) is 0. The molecule has 0 aliphatic heterocycles. The Morgan fingerprint density at radius 3 is 2.94 bits per heavy atom. The van der Waals surface area contributed by atoms with Crippen molar-refractivity contribution in [3.63, 3.8) is 0 Å². The molecule has 2 aromatic rings. The molecular weight excluding hydrogens is 230 g/mol. The van der Waals surface area contributed by atoms with E-state index in [1.165, 1.54) is 6.92 Å². The van der Waals surface area contributed by atoms with Crippen LogP contribution in [-0.2, 0) is 9.68 Å². The van der Waals surface area contributed by atoms with Gasteiger partial charge in [0.05, 0.1) is 5.02 Å². The predicted molar refractivity (Wildman–Crippen MR) is 59.1 cm³/mol. The van der Waals surface area contributed by atoms with Crippen molar-refractivity contribution in [1.29, 1.82) is 0 Å². The van der Waals surface area contributed by atoms with E-state index in [1.807, 2.05) is 6.07 Å². The number of fused-ring (bicyclic) bond motifs is 1. The molecule has 4 nitrogen and oxygen atoms in total. The zero-order valence-electron chi connectivity index (χ0n) is 8.44. The molecule has 0 N–H and O–H groups in total. The van der Waals surface area contributed by atoms with Gasteiger partial charge in [0.25, 0.3) is 0 Å². The van der Waals surface area contributed by atoms with Crippen LogP contribution in [0.2, 0.25) is 5.02 Å². The molecule has 0 spiro atoms. The number of aromatic nitrogens is 1. The number of carbonyl (C=O) groups is 1. The van der Waals surface area contributed by atoms with E-state index in [9.17, 15) is 4.79 Å². The number of nitrogens with zero attached hydrogens (tertiary/aromatic N) is 1. The van der Waals surface area contributed by atoms with Gasteiger partial charge in [0, 0.05) is 18.5 Å². The third-order valence-corrected chi connectivity index (χ3v) is 2.26. The molecule has 0 atom stereocenters. The van der Waals surface area contributed by atoms with E-state index >= 15 is 0 Å². The van der Waals surface area contributed by atoms with Crippen LogP contribution in [0, 0.1) is 0 Å². The van der Waals surface area contributed by atoms with Crippen LogP contribution in [0.1, 0.15) is 6.92 Å². The smallest absolute Gasteiger partial charge is 0.285 e. The Labute approximate surface area is 96.7 Å². The summed E-state index contributed by atoms with van der Waals surface area (Å²) in [6.45, 7) is 1.26. The summed E-state index contributed by atoms with van der Waals surface area (Å²) >= 11 is 5.99. The largest absolute Gasteiger partial charge is 0.352 e. The van der Waals surface area contributed by atoms with Gasteiger partial charge in [0.2, 0.25) is 5.75 Å². The number of rotatable bonds is 2. The molecule has 0 aliphatic rings. The molecule has 0 saturated heterocycles. The second-order valence-corrected chi connectivity index (χ2v) is 3.51. The van der Waals surface area contributed by atoms with Crippen LogP contribution in [-0.4, -0.2) is 11.0 Å². The highest BCUT2D eigenvalue weighted by Crippen LogP contribution is 2.29. The lowest BCUT2D eigenvalue weighted by atomic mass is 10.2. The van der Waals surface area contributed by atoms with Gasteiger partial charge in [-0.25, -0.2) is 4.79 Å². The monoisotopic (exact) mass is 237 g/mol. The van der Waals surface area contributed by atoms with Gasteiger partial charge < -0.3 is 0 Å². The molecule has 1 aromatic heterocycles. The minimum absolute atomic E-state index is 0.357. The Morgan fingerprint density at radius 2 is 2.19 bits per heavy atom. The standard InChI is InChI=1S/C11H8ClNO3/c1-7(14)15-16-10-5-4-9(12)8-3-2-6-13-11(8)10/h2-6H,1H3. The molecule has 82 valence electrons. The average Bonchev–Trinajstić information content (AvgIpc) is 2.28. The van der Waals surface area contributed by atoms with Crippen LogP contribution >= 0.6 is 11.6 Å². The van der Waals surface area contributed by atoms with Gasteiger partial charge in [-0.3, -0.25) is 14.8 Å². The molecule has 0 radical (unpaired) electrons. The van der Waals surface area contributed by atoms with Crippen LogP contribution in [0.4, 0.5) is 0 Å². The Morgan fingerprint density at radius 1 is 1.38 bits per heavy atom. The zero-order valence-corrected chi connectivity index (χ0v) is 9.19. The van der Waals surface area contributed by atoms with Gasteiger partial charge in [-0.1, -0.05) is 11.6 Å². The molecule has 0 saturated carbocycles. The van der Waals surface area contributed by atoms with Crippen LogP contribution < -0.4 is 4.89 Å². The first-order chi connectivity index (χ1) is 7.68. The minimum Gasteiger partial charge on any atom is -0.285 e. The molecule has 0 amide bonds. The van der Waals surface area contributed by atoms with Crippen molar-refractivity contribution >= 4 is 28.5 Å². The van der Waals surface area contributed by atoms with Gasteiger partial charge in [-0.05, 0) is 24.3 Å². The minimum atomic E-state index is -0.529. The van der Waals surface area contributed by atoms with E-state index < -0.39 is 5.97 Å². The van der Waals surface area contributed by atoms with Gasteiger partial charge in [-0.15, -0.1) is 0 Å². The maximum atomic E-state index is 10.6. The number of hydrogen-bond acceptors (Lipinski definition) is 4. The maximum absolute atomic E-state index is 10.6. The lowest BCUT2D eigenvalue weighted by molar-refractivity contribution is -0.210. The summed E-state index contributed by atoms with van der Waals surface area (Å²) in [7, 11) is 0. The summed E-state index contributed by atoms with van der Waals surface area (Å²) in [5.41, 5.74) is 0.552. The first kappa shape index (κ1) is 10.7. The number of carbonyl (C=O) groups excluding carboxylic acids is 1. The number of pyridine rings is 1. The highest BCUT2D eigenvalue weighted by Gasteiger charge is 2.08. The fourth-order valence-corrected chi connectivity index (χ4v) is 1.50. The lowest BCUT2D eigenvalue weighted by Crippen LogP contribution is -2.03. The summed E-state index contributed by atoms with van der Waals surface area (Å²) in [6.07, 6.45) is 1.61. The van der Waals surface area contributed by atoms with Crippen molar-refractivity contribution in [2.45, 2.75) is 6.92 Å². The van der Waals surface area contributed by atoms with Gasteiger partial charge in [0.15, 0.2) is 0 Å². The van der Waals surface area contributed by atoms with Crippen molar-refractivity contribution in [3.05, 3.63) is 35.5 Å². The van der Waals surface area contributed by atoms with Crippen LogP contribution in [0.3, 0.4) is 0 Å². The van der Waals surface area contributed by atoms with E-state index in [1.54, 1.807) is 24.4 Å². The molecule has 0 fully saturated rings. The predicted octanol–water partition coefficient (Wildman–Crippen LogP) is 2.75. The highest BCUT2D eigenvalue weighted by atomic mass is 35.5. The van der Waals surface area contributed by atoms with Crippen molar-refractivity contribution < 1.29 is 14.6 Å². The fraction of sp³-hybridized carbons (Fsp3) is 0.0909. The average molecular weight is 238 g/mol. The highest BCUT2D eigenvalue weighted by molar-refractivity contribution is 6.35. The molecule has 1 aromatic carbocycles. The fourth-order valence-electron chi connectivity index (χ4n) is 1.28. The summed E-state index contributed by atoms with van der Waals surface area (Å²) in [5, 5.41) is 1.31. The lowest BCUT2D eigenvalue weighted by Gasteiger charge is -2.06. The SMILES string of the molecule is CC(=O)OOc1ccc(Cl)c2cccnc12. The molecule has 0 unspecified atom stereocenters.